The Kier molecular flexibility index (Phi) is 5.62. The Morgan fingerprint density at radius 1 is 1.06 bits per heavy atom. The molecule has 0 aliphatic heterocycles. The number of ether oxygens (including phenoxy) is 2. The van der Waals surface area contributed by atoms with Gasteiger partial charge in [0.05, 0.1) is 19.3 Å². The van der Waals surface area contributed by atoms with E-state index >= 15 is 0 Å². The Labute approximate surface area is 105 Å². The van der Waals surface area contributed by atoms with Gasteiger partial charge in [0.15, 0.2) is 0 Å². The zero-order valence-electron chi connectivity index (χ0n) is 10.4. The van der Waals surface area contributed by atoms with E-state index in [0.717, 1.165) is 5.56 Å². The molecule has 5 heteroatoms. The van der Waals surface area contributed by atoms with E-state index in [1.54, 1.807) is 0 Å². The van der Waals surface area contributed by atoms with Crippen molar-refractivity contribution in [3.8, 4) is 0 Å². The standard InChI is InChI=1S/C13H17F3O2/c1-10(12-6-4-3-5-7-12)11(2)17-8-9-18-13(14,15)16/h3-7,10-11H,8-9H2,1-2H3. The molecule has 1 rings (SSSR count). The Hall–Kier alpha value is -1.07. The maximum atomic E-state index is 11.7. The van der Waals surface area contributed by atoms with E-state index in [2.05, 4.69) is 4.74 Å². The van der Waals surface area contributed by atoms with Crippen LogP contribution in [0.15, 0.2) is 30.3 Å². The lowest BCUT2D eigenvalue weighted by molar-refractivity contribution is -0.327. The monoisotopic (exact) mass is 262 g/mol. The van der Waals surface area contributed by atoms with E-state index < -0.39 is 13.0 Å². The van der Waals surface area contributed by atoms with Gasteiger partial charge in [0.25, 0.3) is 0 Å². The number of rotatable bonds is 6. The Balaban J connectivity index is 2.31. The first-order valence-electron chi connectivity index (χ1n) is 5.77. The van der Waals surface area contributed by atoms with Gasteiger partial charge in [-0.3, -0.25) is 4.74 Å². The van der Waals surface area contributed by atoms with Gasteiger partial charge in [0.2, 0.25) is 0 Å². The highest BCUT2D eigenvalue weighted by Gasteiger charge is 2.28. The van der Waals surface area contributed by atoms with Crippen LogP contribution in [0.25, 0.3) is 0 Å². The summed E-state index contributed by atoms with van der Waals surface area (Å²) in [5.74, 6) is 0.122. The van der Waals surface area contributed by atoms with Crippen molar-refractivity contribution in [2.45, 2.75) is 32.2 Å². The molecule has 0 aliphatic rings. The predicted molar refractivity (Wildman–Crippen MR) is 62.3 cm³/mol. The predicted octanol–water partition coefficient (Wildman–Crippen LogP) is 3.73. The minimum absolute atomic E-state index is 0.0716. The minimum Gasteiger partial charge on any atom is -0.375 e. The second-order valence-corrected chi connectivity index (χ2v) is 4.07. The quantitative estimate of drug-likeness (QED) is 0.727. The van der Waals surface area contributed by atoms with E-state index in [-0.39, 0.29) is 18.6 Å². The van der Waals surface area contributed by atoms with Crippen LogP contribution in [0.4, 0.5) is 13.2 Å². The van der Waals surface area contributed by atoms with Gasteiger partial charge in [-0.2, -0.15) is 0 Å². The van der Waals surface area contributed by atoms with Crippen LogP contribution in [-0.4, -0.2) is 25.7 Å². The van der Waals surface area contributed by atoms with Crippen LogP contribution in [0.5, 0.6) is 0 Å². The normalized spacial score (nSPS) is 15.4. The fraction of sp³-hybridized carbons (Fsp3) is 0.538. The van der Waals surface area contributed by atoms with Crippen molar-refractivity contribution in [1.82, 2.24) is 0 Å². The van der Waals surface area contributed by atoms with E-state index in [1.807, 2.05) is 44.2 Å². The average molecular weight is 262 g/mol. The summed E-state index contributed by atoms with van der Waals surface area (Å²) >= 11 is 0. The molecular formula is C13H17F3O2. The minimum atomic E-state index is -4.59. The van der Waals surface area contributed by atoms with E-state index in [0.29, 0.717) is 0 Å². The summed E-state index contributed by atoms with van der Waals surface area (Å²) in [6.45, 7) is 3.27. The lowest BCUT2D eigenvalue weighted by Gasteiger charge is -2.21. The van der Waals surface area contributed by atoms with Crippen LogP contribution in [0.2, 0.25) is 0 Å². The van der Waals surface area contributed by atoms with Crippen LogP contribution in [0.3, 0.4) is 0 Å². The van der Waals surface area contributed by atoms with Crippen molar-refractivity contribution >= 4 is 0 Å². The van der Waals surface area contributed by atoms with Crippen molar-refractivity contribution < 1.29 is 22.6 Å². The summed E-state index contributed by atoms with van der Waals surface area (Å²) in [5.41, 5.74) is 1.10. The van der Waals surface area contributed by atoms with Gasteiger partial charge < -0.3 is 4.74 Å². The Morgan fingerprint density at radius 3 is 2.22 bits per heavy atom. The van der Waals surface area contributed by atoms with Gasteiger partial charge >= 0.3 is 6.36 Å². The summed E-state index contributed by atoms with van der Waals surface area (Å²) in [6, 6.07) is 9.70. The van der Waals surface area contributed by atoms with Gasteiger partial charge in [0, 0.05) is 5.92 Å². The van der Waals surface area contributed by atoms with E-state index in [4.69, 9.17) is 4.74 Å². The molecule has 0 radical (unpaired) electrons. The molecule has 0 N–H and O–H groups in total. The smallest absolute Gasteiger partial charge is 0.375 e. The van der Waals surface area contributed by atoms with Gasteiger partial charge in [-0.15, -0.1) is 13.2 Å². The molecule has 0 aliphatic carbocycles. The highest BCUT2D eigenvalue weighted by atomic mass is 19.4. The Morgan fingerprint density at radius 2 is 1.67 bits per heavy atom. The number of halogens is 3. The van der Waals surface area contributed by atoms with Crippen LogP contribution in [0.1, 0.15) is 25.3 Å². The SMILES string of the molecule is CC(OCCOC(F)(F)F)C(C)c1ccccc1. The third-order valence-electron chi connectivity index (χ3n) is 2.76. The summed E-state index contributed by atoms with van der Waals surface area (Å²) in [7, 11) is 0. The molecule has 0 bridgehead atoms. The topological polar surface area (TPSA) is 18.5 Å². The van der Waals surface area contributed by atoms with Crippen LogP contribution >= 0.6 is 0 Å². The molecule has 2 unspecified atom stereocenters. The third-order valence-corrected chi connectivity index (χ3v) is 2.76. The lowest BCUT2D eigenvalue weighted by atomic mass is 9.96. The Bertz CT molecular complexity index is 338. The second-order valence-electron chi connectivity index (χ2n) is 4.07. The first kappa shape index (κ1) is 15.0. The second kappa shape index (κ2) is 6.75. The van der Waals surface area contributed by atoms with Crippen molar-refractivity contribution in [3.05, 3.63) is 35.9 Å². The lowest BCUT2D eigenvalue weighted by Crippen LogP contribution is -2.22. The van der Waals surface area contributed by atoms with Gasteiger partial charge in [-0.05, 0) is 12.5 Å². The van der Waals surface area contributed by atoms with Crippen LogP contribution < -0.4 is 0 Å². The zero-order chi connectivity index (χ0) is 13.6. The molecule has 102 valence electrons. The molecule has 0 spiro atoms. The molecule has 0 aromatic heterocycles. The van der Waals surface area contributed by atoms with E-state index in [1.165, 1.54) is 0 Å². The average Bonchev–Trinajstić information content (AvgIpc) is 2.33. The van der Waals surface area contributed by atoms with Gasteiger partial charge in [-0.1, -0.05) is 37.3 Å². The van der Waals surface area contributed by atoms with Gasteiger partial charge in [0.1, 0.15) is 0 Å². The molecule has 0 saturated heterocycles. The largest absolute Gasteiger partial charge is 0.522 e. The molecule has 0 heterocycles. The van der Waals surface area contributed by atoms with Crippen molar-refractivity contribution in [1.29, 1.82) is 0 Å². The molecule has 2 atom stereocenters. The number of hydrogen-bond acceptors (Lipinski definition) is 2. The molecule has 18 heavy (non-hydrogen) atoms. The van der Waals surface area contributed by atoms with Crippen molar-refractivity contribution in [3.63, 3.8) is 0 Å². The maximum Gasteiger partial charge on any atom is 0.522 e. The summed E-state index contributed by atoms with van der Waals surface area (Å²) in [5, 5.41) is 0. The number of hydrogen-bond donors (Lipinski definition) is 0. The fourth-order valence-corrected chi connectivity index (χ4v) is 1.56. The highest BCUT2D eigenvalue weighted by molar-refractivity contribution is 5.19. The third kappa shape index (κ3) is 5.51. The molecule has 1 aromatic carbocycles. The highest BCUT2D eigenvalue weighted by Crippen LogP contribution is 2.21. The molecule has 0 amide bonds. The molecule has 0 saturated carbocycles. The molecule has 2 nitrogen and oxygen atoms in total. The first-order chi connectivity index (χ1) is 8.40. The number of alkyl halides is 3. The van der Waals surface area contributed by atoms with Crippen LogP contribution in [0, 0.1) is 0 Å². The summed E-state index contributed by atoms with van der Waals surface area (Å²) < 4.78 is 44.1. The molecule has 0 fully saturated rings. The maximum absolute atomic E-state index is 11.7. The van der Waals surface area contributed by atoms with Crippen molar-refractivity contribution in [2.24, 2.45) is 0 Å². The summed E-state index contributed by atoms with van der Waals surface area (Å²) in [4.78, 5) is 0. The molecular weight excluding hydrogens is 245 g/mol. The first-order valence-corrected chi connectivity index (χ1v) is 5.77. The van der Waals surface area contributed by atoms with Gasteiger partial charge in [-0.25, -0.2) is 0 Å². The molecule has 1 aromatic rings. The van der Waals surface area contributed by atoms with Crippen LogP contribution in [-0.2, 0) is 9.47 Å². The number of benzene rings is 1. The fourth-order valence-electron chi connectivity index (χ4n) is 1.56. The van der Waals surface area contributed by atoms with Crippen molar-refractivity contribution in [2.75, 3.05) is 13.2 Å². The zero-order valence-corrected chi connectivity index (χ0v) is 10.4. The van der Waals surface area contributed by atoms with E-state index in [9.17, 15) is 13.2 Å². The summed E-state index contributed by atoms with van der Waals surface area (Å²) in [6.07, 6.45) is -4.75.